The van der Waals surface area contributed by atoms with E-state index >= 15 is 0 Å². The van der Waals surface area contributed by atoms with Gasteiger partial charge in [-0.15, -0.1) is 0 Å². The van der Waals surface area contributed by atoms with Gasteiger partial charge in [-0.25, -0.2) is 8.42 Å². The van der Waals surface area contributed by atoms with E-state index in [2.05, 4.69) is 0 Å². The highest BCUT2D eigenvalue weighted by molar-refractivity contribution is 7.89. The molecular formula is C21H17ClN2O5S. The number of nitro groups is 1. The molecule has 0 saturated carbocycles. The Morgan fingerprint density at radius 3 is 2.17 bits per heavy atom. The number of nitrogens with zero attached hydrogens (tertiary/aromatic N) is 2. The maximum atomic E-state index is 13.3. The van der Waals surface area contributed by atoms with Crippen molar-refractivity contribution in [3.63, 3.8) is 0 Å². The molecule has 9 heteroatoms. The fourth-order valence-corrected chi connectivity index (χ4v) is 4.98. The van der Waals surface area contributed by atoms with Gasteiger partial charge in [0.25, 0.3) is 15.7 Å². The standard InChI is InChI=1S/C21H17ClN2O5S/c22-17-8-6-16(7-9-17)21-14-20(15-4-2-1-3-5-15)24(29-21)30(27,28)19-12-10-18(11-13-19)23(25)26/h1-13,20-21H,14H2. The van der Waals surface area contributed by atoms with E-state index in [0.717, 1.165) is 27.7 Å². The Morgan fingerprint density at radius 1 is 0.933 bits per heavy atom. The Labute approximate surface area is 178 Å². The predicted octanol–water partition coefficient (Wildman–Crippen LogP) is 5.06. The third-order valence-corrected chi connectivity index (χ3v) is 6.87. The Kier molecular flexibility index (Phi) is 5.57. The number of halogens is 1. The molecular weight excluding hydrogens is 428 g/mol. The molecule has 0 aromatic heterocycles. The van der Waals surface area contributed by atoms with E-state index in [9.17, 15) is 18.5 Å². The summed E-state index contributed by atoms with van der Waals surface area (Å²) in [6.07, 6.45) is -0.0713. The quantitative estimate of drug-likeness (QED) is 0.405. The molecule has 1 fully saturated rings. The highest BCUT2D eigenvalue weighted by Crippen LogP contribution is 2.44. The van der Waals surface area contributed by atoms with E-state index in [1.165, 1.54) is 12.1 Å². The van der Waals surface area contributed by atoms with Crippen LogP contribution in [0.25, 0.3) is 0 Å². The van der Waals surface area contributed by atoms with Gasteiger partial charge in [0.1, 0.15) is 6.10 Å². The molecule has 1 aliphatic heterocycles. The lowest BCUT2D eigenvalue weighted by molar-refractivity contribution is -0.384. The van der Waals surface area contributed by atoms with Crippen LogP contribution in [0.1, 0.15) is 29.7 Å². The van der Waals surface area contributed by atoms with Gasteiger partial charge < -0.3 is 0 Å². The summed E-state index contributed by atoms with van der Waals surface area (Å²) in [4.78, 5) is 16.2. The van der Waals surface area contributed by atoms with Gasteiger partial charge in [-0.3, -0.25) is 15.0 Å². The maximum absolute atomic E-state index is 13.3. The first-order valence-corrected chi connectivity index (χ1v) is 10.9. The molecule has 1 aliphatic rings. The number of sulfonamides is 1. The van der Waals surface area contributed by atoms with Crippen LogP contribution in [0.3, 0.4) is 0 Å². The van der Waals surface area contributed by atoms with Gasteiger partial charge in [0.2, 0.25) is 0 Å². The van der Waals surface area contributed by atoms with Gasteiger partial charge in [-0.1, -0.05) is 58.5 Å². The van der Waals surface area contributed by atoms with Crippen LogP contribution in [0.5, 0.6) is 0 Å². The summed E-state index contributed by atoms with van der Waals surface area (Å²) in [7, 11) is -4.07. The number of hydroxylamine groups is 1. The first kappa shape index (κ1) is 20.5. The molecule has 7 nitrogen and oxygen atoms in total. The largest absolute Gasteiger partial charge is 0.275 e. The third-order valence-electron chi connectivity index (χ3n) is 4.93. The second-order valence-corrected chi connectivity index (χ2v) is 9.04. The topological polar surface area (TPSA) is 89.8 Å². The van der Waals surface area contributed by atoms with E-state index in [4.69, 9.17) is 16.4 Å². The van der Waals surface area contributed by atoms with Crippen molar-refractivity contribution >= 4 is 27.3 Å². The molecule has 3 aromatic carbocycles. The molecule has 4 rings (SSSR count). The van der Waals surface area contributed by atoms with E-state index in [1.807, 2.05) is 30.3 Å². The Bertz CT molecular complexity index is 1150. The molecule has 0 N–H and O–H groups in total. The lowest BCUT2D eigenvalue weighted by Crippen LogP contribution is -2.29. The van der Waals surface area contributed by atoms with Crippen molar-refractivity contribution in [2.24, 2.45) is 0 Å². The van der Waals surface area contributed by atoms with Crippen LogP contribution in [-0.2, 0) is 14.9 Å². The summed E-state index contributed by atoms with van der Waals surface area (Å²) in [5, 5.41) is 11.5. The molecule has 0 bridgehead atoms. The molecule has 1 saturated heterocycles. The molecule has 0 radical (unpaired) electrons. The minimum atomic E-state index is -4.07. The van der Waals surface area contributed by atoms with Gasteiger partial charge in [-0.05, 0) is 35.4 Å². The van der Waals surface area contributed by atoms with Crippen molar-refractivity contribution in [1.29, 1.82) is 0 Å². The second-order valence-electron chi connectivity index (χ2n) is 6.82. The van der Waals surface area contributed by atoms with E-state index in [0.29, 0.717) is 11.4 Å². The van der Waals surface area contributed by atoms with E-state index in [1.54, 1.807) is 24.3 Å². The first-order valence-electron chi connectivity index (χ1n) is 9.12. The van der Waals surface area contributed by atoms with Gasteiger partial charge in [0.05, 0.1) is 15.9 Å². The summed E-state index contributed by atoms with van der Waals surface area (Å²) in [5.41, 5.74) is 1.41. The number of hydrogen-bond donors (Lipinski definition) is 0. The van der Waals surface area contributed by atoms with Crippen molar-refractivity contribution in [2.75, 3.05) is 0 Å². The van der Waals surface area contributed by atoms with E-state index in [-0.39, 0.29) is 10.6 Å². The van der Waals surface area contributed by atoms with Crippen LogP contribution >= 0.6 is 11.6 Å². The number of non-ortho nitro benzene ring substituents is 1. The zero-order valence-electron chi connectivity index (χ0n) is 15.6. The third kappa shape index (κ3) is 3.95. The monoisotopic (exact) mass is 444 g/mol. The van der Waals surface area contributed by atoms with Crippen LogP contribution in [0.4, 0.5) is 5.69 Å². The smallest absolute Gasteiger partial charge is 0.269 e. The van der Waals surface area contributed by atoms with Gasteiger partial charge in [0, 0.05) is 23.6 Å². The zero-order chi connectivity index (χ0) is 21.3. The van der Waals surface area contributed by atoms with Crippen LogP contribution < -0.4 is 0 Å². The SMILES string of the molecule is O=[N+]([O-])c1ccc(S(=O)(=O)N2OC(c3ccc(Cl)cc3)CC2c2ccccc2)cc1. The minimum absolute atomic E-state index is 0.0780. The normalized spacial score (nSPS) is 19.6. The summed E-state index contributed by atoms with van der Waals surface area (Å²) >= 11 is 5.96. The lowest BCUT2D eigenvalue weighted by Gasteiger charge is -2.22. The molecule has 3 aromatic rings. The lowest BCUT2D eigenvalue weighted by atomic mass is 9.99. The van der Waals surface area contributed by atoms with Crippen molar-refractivity contribution in [1.82, 2.24) is 4.47 Å². The average Bonchev–Trinajstić information content (AvgIpc) is 3.21. The number of hydrogen-bond acceptors (Lipinski definition) is 5. The number of rotatable bonds is 5. The molecule has 1 heterocycles. The first-order chi connectivity index (χ1) is 14.4. The van der Waals surface area contributed by atoms with Crippen molar-refractivity contribution < 1.29 is 18.2 Å². The van der Waals surface area contributed by atoms with Crippen LogP contribution in [0, 0.1) is 10.1 Å². The van der Waals surface area contributed by atoms with Crippen molar-refractivity contribution in [3.8, 4) is 0 Å². The van der Waals surface area contributed by atoms with Crippen LogP contribution in [0.15, 0.2) is 83.8 Å². The molecule has 2 unspecified atom stereocenters. The Balaban J connectivity index is 1.72. The fraction of sp³-hybridized carbons (Fsp3) is 0.143. The van der Waals surface area contributed by atoms with Crippen molar-refractivity contribution in [2.45, 2.75) is 23.5 Å². The molecule has 30 heavy (non-hydrogen) atoms. The Morgan fingerprint density at radius 2 is 1.57 bits per heavy atom. The summed E-state index contributed by atoms with van der Waals surface area (Å²) in [6, 6.07) is 20.5. The minimum Gasteiger partial charge on any atom is -0.275 e. The fourth-order valence-electron chi connectivity index (χ4n) is 3.41. The second kappa shape index (κ2) is 8.16. The molecule has 0 spiro atoms. The summed E-state index contributed by atoms with van der Waals surface area (Å²) in [5.74, 6) is 0. The zero-order valence-corrected chi connectivity index (χ0v) is 17.2. The predicted molar refractivity (Wildman–Crippen MR) is 111 cm³/mol. The summed E-state index contributed by atoms with van der Waals surface area (Å²) < 4.78 is 27.7. The number of nitro benzene ring substituents is 1. The maximum Gasteiger partial charge on any atom is 0.269 e. The van der Waals surface area contributed by atoms with Gasteiger partial charge in [-0.2, -0.15) is 0 Å². The molecule has 154 valence electrons. The summed E-state index contributed by atoms with van der Waals surface area (Å²) in [6.45, 7) is 0. The highest BCUT2D eigenvalue weighted by Gasteiger charge is 2.43. The van der Waals surface area contributed by atoms with Gasteiger partial charge >= 0.3 is 0 Å². The molecule has 0 amide bonds. The highest BCUT2D eigenvalue weighted by atomic mass is 35.5. The molecule has 0 aliphatic carbocycles. The molecule has 2 atom stereocenters. The van der Waals surface area contributed by atoms with Crippen LogP contribution in [-0.4, -0.2) is 17.8 Å². The Hall–Kier alpha value is -2.78. The van der Waals surface area contributed by atoms with E-state index < -0.39 is 27.1 Å². The average molecular weight is 445 g/mol. The van der Waals surface area contributed by atoms with Crippen LogP contribution in [0.2, 0.25) is 5.02 Å². The van der Waals surface area contributed by atoms with Crippen molar-refractivity contribution in [3.05, 3.63) is 105 Å². The number of benzene rings is 3. The van der Waals surface area contributed by atoms with Gasteiger partial charge in [0.15, 0.2) is 0 Å².